The zero-order valence-electron chi connectivity index (χ0n) is 12.5. The van der Waals surface area contributed by atoms with Gasteiger partial charge in [-0.05, 0) is 18.3 Å². The number of aromatic nitrogens is 2. The summed E-state index contributed by atoms with van der Waals surface area (Å²) < 4.78 is 5.30. The molecule has 0 aromatic carbocycles. The smallest absolute Gasteiger partial charge is 0.158 e. The number of rotatable bonds is 6. The summed E-state index contributed by atoms with van der Waals surface area (Å²) in [5, 5.41) is 3.76. The Labute approximate surface area is 120 Å². The fourth-order valence-electron chi connectivity index (χ4n) is 1.38. The van der Waals surface area contributed by atoms with Crippen LogP contribution < -0.4 is 5.32 Å². The first-order chi connectivity index (χ1) is 8.82. The number of nitrogens with one attached hydrogen (secondary N) is 1. The molecule has 0 amide bonds. The third kappa shape index (κ3) is 5.74. The minimum atomic E-state index is 0.262. The summed E-state index contributed by atoms with van der Waals surface area (Å²) in [6.45, 7) is 12.7. The Morgan fingerprint density at radius 3 is 2.63 bits per heavy atom. The van der Waals surface area contributed by atoms with Gasteiger partial charge in [-0.3, -0.25) is 0 Å². The van der Waals surface area contributed by atoms with E-state index in [9.17, 15) is 0 Å². The summed E-state index contributed by atoms with van der Waals surface area (Å²) in [6, 6.07) is 1.74. The van der Waals surface area contributed by atoms with Crippen LogP contribution in [0.5, 0.6) is 0 Å². The second-order valence-electron chi connectivity index (χ2n) is 5.78. The molecule has 5 heteroatoms. The molecule has 108 valence electrons. The van der Waals surface area contributed by atoms with Gasteiger partial charge >= 0.3 is 0 Å². The molecule has 4 nitrogen and oxygen atoms in total. The Bertz CT molecular complexity index is 404. The fourth-order valence-corrected chi connectivity index (χ4v) is 1.58. The first-order valence-corrected chi connectivity index (χ1v) is 7.05. The maximum Gasteiger partial charge on any atom is 0.158 e. The number of hydrogen-bond acceptors (Lipinski definition) is 4. The first-order valence-electron chi connectivity index (χ1n) is 6.68. The lowest BCUT2D eigenvalue weighted by atomic mass is 9.82. The van der Waals surface area contributed by atoms with Gasteiger partial charge in [0, 0.05) is 19.2 Å². The van der Waals surface area contributed by atoms with E-state index in [-0.39, 0.29) is 5.41 Å². The lowest BCUT2D eigenvalue weighted by Gasteiger charge is -2.27. The van der Waals surface area contributed by atoms with Crippen molar-refractivity contribution >= 4 is 17.4 Å². The molecule has 1 N–H and O–H groups in total. The molecular weight excluding hydrogens is 262 g/mol. The van der Waals surface area contributed by atoms with E-state index < -0.39 is 0 Å². The van der Waals surface area contributed by atoms with Crippen molar-refractivity contribution in [3.8, 4) is 0 Å². The van der Waals surface area contributed by atoms with Crippen LogP contribution in [-0.4, -0.2) is 23.1 Å². The van der Waals surface area contributed by atoms with Gasteiger partial charge in [0.25, 0.3) is 0 Å². The highest BCUT2D eigenvalue weighted by atomic mass is 35.5. The third-order valence-electron chi connectivity index (χ3n) is 3.24. The van der Waals surface area contributed by atoms with Crippen molar-refractivity contribution in [1.29, 1.82) is 0 Å². The topological polar surface area (TPSA) is 47.0 Å². The van der Waals surface area contributed by atoms with E-state index in [0.29, 0.717) is 30.1 Å². The van der Waals surface area contributed by atoms with Crippen LogP contribution in [0.15, 0.2) is 6.07 Å². The molecule has 0 spiro atoms. The van der Waals surface area contributed by atoms with Crippen molar-refractivity contribution in [3.05, 3.63) is 17.0 Å². The van der Waals surface area contributed by atoms with Gasteiger partial charge in [0.1, 0.15) is 17.6 Å². The molecule has 0 bridgehead atoms. The van der Waals surface area contributed by atoms with Crippen LogP contribution in [0.2, 0.25) is 5.15 Å². The molecule has 1 unspecified atom stereocenters. The Morgan fingerprint density at radius 1 is 1.37 bits per heavy atom. The van der Waals surface area contributed by atoms with Gasteiger partial charge in [0.15, 0.2) is 5.82 Å². The number of anilines is 1. The van der Waals surface area contributed by atoms with Crippen molar-refractivity contribution in [2.24, 2.45) is 11.3 Å². The average Bonchev–Trinajstić information content (AvgIpc) is 2.31. The molecule has 0 aliphatic heterocycles. The number of ether oxygens (including phenoxy) is 1. The summed E-state index contributed by atoms with van der Waals surface area (Å²) >= 11 is 5.99. The molecule has 1 heterocycles. The van der Waals surface area contributed by atoms with Crippen LogP contribution in [0.4, 0.5) is 5.82 Å². The molecular formula is C14H24ClN3O. The number of hydrogen-bond donors (Lipinski definition) is 1. The Kier molecular flexibility index (Phi) is 6.01. The highest BCUT2D eigenvalue weighted by Crippen LogP contribution is 2.25. The molecule has 1 aromatic heterocycles. The van der Waals surface area contributed by atoms with Crippen LogP contribution in [0.25, 0.3) is 0 Å². The van der Waals surface area contributed by atoms with E-state index in [1.54, 1.807) is 6.07 Å². The zero-order chi connectivity index (χ0) is 14.5. The van der Waals surface area contributed by atoms with Gasteiger partial charge < -0.3 is 10.1 Å². The van der Waals surface area contributed by atoms with Crippen LogP contribution in [0, 0.1) is 11.3 Å². The minimum absolute atomic E-state index is 0.262. The average molecular weight is 286 g/mol. The standard InChI is InChI=1S/C14H24ClN3O/c1-6-19-9-13-17-11(15)7-12(18-13)16-8-10(2)14(3,4)5/h7,10H,6,8-9H2,1-5H3,(H,16,17,18). The lowest BCUT2D eigenvalue weighted by Crippen LogP contribution is -2.25. The van der Waals surface area contributed by atoms with Crippen LogP contribution >= 0.6 is 11.6 Å². The normalized spacial score (nSPS) is 13.4. The fraction of sp³-hybridized carbons (Fsp3) is 0.714. The van der Waals surface area contributed by atoms with Gasteiger partial charge in [0.2, 0.25) is 0 Å². The SMILES string of the molecule is CCOCc1nc(Cl)cc(NCC(C)C(C)(C)C)n1. The first kappa shape index (κ1) is 16.2. The van der Waals surface area contributed by atoms with Gasteiger partial charge in [-0.1, -0.05) is 39.3 Å². The highest BCUT2D eigenvalue weighted by molar-refractivity contribution is 6.29. The lowest BCUT2D eigenvalue weighted by molar-refractivity contribution is 0.128. The van der Waals surface area contributed by atoms with Crippen LogP contribution in [0.3, 0.4) is 0 Å². The van der Waals surface area contributed by atoms with Gasteiger partial charge in [-0.15, -0.1) is 0 Å². The largest absolute Gasteiger partial charge is 0.374 e. The maximum absolute atomic E-state index is 5.99. The number of nitrogens with zero attached hydrogens (tertiary/aromatic N) is 2. The molecule has 19 heavy (non-hydrogen) atoms. The maximum atomic E-state index is 5.99. The Morgan fingerprint density at radius 2 is 2.05 bits per heavy atom. The van der Waals surface area contributed by atoms with Gasteiger partial charge in [0.05, 0.1) is 0 Å². The summed E-state index contributed by atoms with van der Waals surface area (Å²) in [6.07, 6.45) is 0. The van der Waals surface area contributed by atoms with E-state index in [0.717, 1.165) is 12.4 Å². The van der Waals surface area contributed by atoms with Gasteiger partial charge in [-0.2, -0.15) is 0 Å². The van der Waals surface area contributed by atoms with E-state index in [1.165, 1.54) is 0 Å². The van der Waals surface area contributed by atoms with Crippen molar-refractivity contribution in [2.45, 2.75) is 41.2 Å². The Hall–Kier alpha value is -0.870. The summed E-state index contributed by atoms with van der Waals surface area (Å²) in [7, 11) is 0. The van der Waals surface area contributed by atoms with Crippen molar-refractivity contribution < 1.29 is 4.74 Å². The summed E-state index contributed by atoms with van der Waals surface area (Å²) in [4.78, 5) is 8.53. The quantitative estimate of drug-likeness (QED) is 0.809. The van der Waals surface area contributed by atoms with Crippen LogP contribution in [-0.2, 0) is 11.3 Å². The van der Waals surface area contributed by atoms with E-state index in [2.05, 4.69) is 43.0 Å². The molecule has 0 aliphatic rings. The van der Waals surface area contributed by atoms with Crippen molar-refractivity contribution in [2.75, 3.05) is 18.5 Å². The van der Waals surface area contributed by atoms with E-state index in [4.69, 9.17) is 16.3 Å². The zero-order valence-corrected chi connectivity index (χ0v) is 13.2. The highest BCUT2D eigenvalue weighted by Gasteiger charge is 2.19. The third-order valence-corrected chi connectivity index (χ3v) is 3.44. The van der Waals surface area contributed by atoms with Gasteiger partial charge in [-0.25, -0.2) is 9.97 Å². The molecule has 0 saturated carbocycles. The molecule has 0 aliphatic carbocycles. The molecule has 1 aromatic rings. The number of halogens is 1. The summed E-state index contributed by atoms with van der Waals surface area (Å²) in [5.74, 6) is 1.89. The molecule has 0 radical (unpaired) electrons. The van der Waals surface area contributed by atoms with E-state index >= 15 is 0 Å². The summed E-state index contributed by atoms with van der Waals surface area (Å²) in [5.41, 5.74) is 0.262. The van der Waals surface area contributed by atoms with Crippen molar-refractivity contribution in [1.82, 2.24) is 9.97 Å². The second kappa shape index (κ2) is 7.06. The van der Waals surface area contributed by atoms with E-state index in [1.807, 2.05) is 6.92 Å². The minimum Gasteiger partial charge on any atom is -0.374 e. The van der Waals surface area contributed by atoms with Crippen LogP contribution in [0.1, 0.15) is 40.4 Å². The predicted molar refractivity (Wildman–Crippen MR) is 79.5 cm³/mol. The monoisotopic (exact) mass is 285 g/mol. The van der Waals surface area contributed by atoms with Crippen molar-refractivity contribution in [3.63, 3.8) is 0 Å². The predicted octanol–water partition coefficient (Wildman–Crippen LogP) is 3.76. The molecule has 1 atom stereocenters. The second-order valence-corrected chi connectivity index (χ2v) is 6.16. The molecule has 1 rings (SSSR count). The Balaban J connectivity index is 2.65. The molecule has 0 fully saturated rings. The molecule has 0 saturated heterocycles.